The Morgan fingerprint density at radius 1 is 1.19 bits per heavy atom. The van der Waals surface area contributed by atoms with Crippen LogP contribution in [0, 0.1) is 12.8 Å². The summed E-state index contributed by atoms with van der Waals surface area (Å²) in [5.74, 6) is 2.65. The summed E-state index contributed by atoms with van der Waals surface area (Å²) in [6.45, 7) is 1.81. The van der Waals surface area contributed by atoms with E-state index < -0.39 is 0 Å². The van der Waals surface area contributed by atoms with Gasteiger partial charge in [0.15, 0.2) is 0 Å². The van der Waals surface area contributed by atoms with E-state index in [0.717, 1.165) is 31.4 Å². The summed E-state index contributed by atoms with van der Waals surface area (Å²) in [7, 11) is 0. The topological polar surface area (TPSA) is 81.9 Å². The minimum absolute atomic E-state index is 0.109. The number of aryl methyl sites for hydroxylation is 1. The van der Waals surface area contributed by atoms with E-state index in [1.807, 2.05) is 37.4 Å². The van der Waals surface area contributed by atoms with Crippen molar-refractivity contribution in [2.75, 3.05) is 5.32 Å². The predicted molar refractivity (Wildman–Crippen MR) is 101 cm³/mol. The Kier molecular flexibility index (Phi) is 4.82. The van der Waals surface area contributed by atoms with Gasteiger partial charge in [0.05, 0.1) is 0 Å². The van der Waals surface area contributed by atoms with Gasteiger partial charge in [-0.25, -0.2) is 9.97 Å². The number of carbonyl (C=O) groups is 1. The Labute approximate surface area is 157 Å². The fraction of sp³-hybridized carbons (Fsp3) is 0.300. The van der Waals surface area contributed by atoms with E-state index in [1.54, 1.807) is 23.2 Å². The smallest absolute Gasteiger partial charge is 0.227 e. The molecule has 0 saturated heterocycles. The third kappa shape index (κ3) is 4.13. The Hall–Kier alpha value is -3.22. The summed E-state index contributed by atoms with van der Waals surface area (Å²) < 4.78 is 7.65. The second-order valence-electron chi connectivity index (χ2n) is 6.68. The van der Waals surface area contributed by atoms with Crippen molar-refractivity contribution < 1.29 is 9.53 Å². The second-order valence-corrected chi connectivity index (χ2v) is 6.68. The number of nitrogens with one attached hydrogen (secondary N) is 1. The van der Waals surface area contributed by atoms with E-state index in [-0.39, 0.29) is 11.8 Å². The van der Waals surface area contributed by atoms with Gasteiger partial charge in [0.1, 0.15) is 23.7 Å². The number of rotatable bonds is 5. The van der Waals surface area contributed by atoms with Crippen LogP contribution >= 0.6 is 0 Å². The van der Waals surface area contributed by atoms with E-state index in [9.17, 15) is 4.79 Å². The van der Waals surface area contributed by atoms with Crippen molar-refractivity contribution in [3.05, 3.63) is 54.9 Å². The molecule has 27 heavy (non-hydrogen) atoms. The molecule has 0 radical (unpaired) electrons. The number of ether oxygens (including phenoxy) is 1. The van der Waals surface area contributed by atoms with Crippen LogP contribution in [0.1, 0.15) is 31.5 Å². The van der Waals surface area contributed by atoms with Gasteiger partial charge in [0.25, 0.3) is 0 Å². The van der Waals surface area contributed by atoms with Gasteiger partial charge >= 0.3 is 0 Å². The number of imidazole rings is 1. The predicted octanol–water partition coefficient (Wildman–Crippen LogP) is 3.89. The van der Waals surface area contributed by atoms with Crippen molar-refractivity contribution in [2.45, 2.75) is 32.6 Å². The number of amides is 1. The standard InChI is InChI=1S/C20H21N5O2/c1-14-22-18(25-11-10-21-13-25)12-19(23-14)27-17-8-6-16(7-9-17)24-20(26)15-4-2-3-5-15/h6-13,15H,2-5H2,1H3,(H,24,26). The normalized spacial score (nSPS) is 14.3. The molecule has 7 nitrogen and oxygen atoms in total. The quantitative estimate of drug-likeness (QED) is 0.744. The summed E-state index contributed by atoms with van der Waals surface area (Å²) in [4.78, 5) is 25.0. The first kappa shape index (κ1) is 17.2. The molecule has 0 unspecified atom stereocenters. The van der Waals surface area contributed by atoms with Crippen molar-refractivity contribution in [1.29, 1.82) is 0 Å². The SMILES string of the molecule is Cc1nc(Oc2ccc(NC(=O)C3CCCC3)cc2)cc(-n2ccnc2)n1. The first-order valence-corrected chi connectivity index (χ1v) is 9.10. The van der Waals surface area contributed by atoms with Gasteiger partial charge in [-0.2, -0.15) is 4.98 Å². The number of nitrogens with zero attached hydrogens (tertiary/aromatic N) is 4. The van der Waals surface area contributed by atoms with Crippen molar-refractivity contribution in [2.24, 2.45) is 5.92 Å². The zero-order valence-corrected chi connectivity index (χ0v) is 15.1. The number of carbonyl (C=O) groups excluding carboxylic acids is 1. The molecule has 2 aromatic heterocycles. The molecule has 7 heteroatoms. The third-order valence-electron chi connectivity index (χ3n) is 4.64. The monoisotopic (exact) mass is 363 g/mol. The van der Waals surface area contributed by atoms with Gasteiger partial charge in [-0.05, 0) is 44.0 Å². The van der Waals surface area contributed by atoms with Gasteiger partial charge in [0.2, 0.25) is 11.8 Å². The molecule has 0 aliphatic heterocycles. The Morgan fingerprint density at radius 2 is 1.96 bits per heavy atom. The second kappa shape index (κ2) is 7.57. The molecule has 1 N–H and O–H groups in total. The maximum Gasteiger partial charge on any atom is 0.227 e. The highest BCUT2D eigenvalue weighted by Crippen LogP contribution is 2.27. The molecular formula is C20H21N5O2. The van der Waals surface area contributed by atoms with Gasteiger partial charge in [-0.15, -0.1) is 0 Å². The average molecular weight is 363 g/mol. The highest BCUT2D eigenvalue weighted by molar-refractivity contribution is 5.92. The largest absolute Gasteiger partial charge is 0.439 e. The molecule has 4 rings (SSSR count). The summed E-state index contributed by atoms with van der Waals surface area (Å²) in [5.41, 5.74) is 0.775. The Balaban J connectivity index is 1.44. The lowest BCUT2D eigenvalue weighted by Crippen LogP contribution is -2.20. The molecule has 0 bridgehead atoms. The summed E-state index contributed by atoms with van der Waals surface area (Å²) in [6.07, 6.45) is 9.44. The van der Waals surface area contributed by atoms with Crippen LogP contribution in [0.15, 0.2) is 49.1 Å². The minimum atomic E-state index is 0.109. The molecule has 1 aliphatic rings. The van der Waals surface area contributed by atoms with Crippen LogP contribution in [-0.2, 0) is 4.79 Å². The number of aromatic nitrogens is 4. The van der Waals surface area contributed by atoms with Crippen LogP contribution in [0.5, 0.6) is 11.6 Å². The summed E-state index contributed by atoms with van der Waals surface area (Å²) in [5, 5.41) is 2.98. The lowest BCUT2D eigenvalue weighted by atomic mass is 10.1. The number of benzene rings is 1. The van der Waals surface area contributed by atoms with Crippen LogP contribution in [0.3, 0.4) is 0 Å². The number of hydrogen-bond acceptors (Lipinski definition) is 5. The van der Waals surface area contributed by atoms with E-state index in [4.69, 9.17) is 4.74 Å². The maximum atomic E-state index is 12.2. The first-order chi connectivity index (χ1) is 13.2. The van der Waals surface area contributed by atoms with Crippen molar-refractivity contribution in [3.63, 3.8) is 0 Å². The molecule has 2 heterocycles. The van der Waals surface area contributed by atoms with E-state index in [1.165, 1.54) is 0 Å². The maximum absolute atomic E-state index is 12.2. The molecule has 1 amide bonds. The average Bonchev–Trinajstić information content (AvgIpc) is 3.37. The van der Waals surface area contributed by atoms with Crippen LogP contribution in [0.4, 0.5) is 5.69 Å². The number of anilines is 1. The fourth-order valence-corrected chi connectivity index (χ4v) is 3.26. The minimum Gasteiger partial charge on any atom is -0.439 e. The fourth-order valence-electron chi connectivity index (χ4n) is 3.26. The van der Waals surface area contributed by atoms with Crippen molar-refractivity contribution >= 4 is 11.6 Å². The molecule has 0 spiro atoms. The molecule has 3 aromatic rings. The van der Waals surface area contributed by atoms with Crippen LogP contribution in [0.25, 0.3) is 5.82 Å². The lowest BCUT2D eigenvalue weighted by molar-refractivity contribution is -0.119. The lowest BCUT2D eigenvalue weighted by Gasteiger charge is -2.11. The highest BCUT2D eigenvalue weighted by Gasteiger charge is 2.22. The van der Waals surface area contributed by atoms with Gasteiger partial charge in [0, 0.05) is 30.1 Å². The Morgan fingerprint density at radius 3 is 2.67 bits per heavy atom. The Bertz CT molecular complexity index is 916. The molecule has 138 valence electrons. The van der Waals surface area contributed by atoms with Gasteiger partial charge < -0.3 is 10.1 Å². The molecule has 1 saturated carbocycles. The molecule has 1 aliphatic carbocycles. The van der Waals surface area contributed by atoms with E-state index in [0.29, 0.717) is 23.3 Å². The van der Waals surface area contributed by atoms with Gasteiger partial charge in [-0.3, -0.25) is 9.36 Å². The van der Waals surface area contributed by atoms with E-state index in [2.05, 4.69) is 20.3 Å². The molecule has 1 fully saturated rings. The van der Waals surface area contributed by atoms with E-state index >= 15 is 0 Å². The van der Waals surface area contributed by atoms with Gasteiger partial charge in [-0.1, -0.05) is 12.8 Å². The first-order valence-electron chi connectivity index (χ1n) is 9.10. The number of hydrogen-bond donors (Lipinski definition) is 1. The zero-order chi connectivity index (χ0) is 18.6. The molecular weight excluding hydrogens is 342 g/mol. The third-order valence-corrected chi connectivity index (χ3v) is 4.64. The molecule has 1 aromatic carbocycles. The highest BCUT2D eigenvalue weighted by atomic mass is 16.5. The van der Waals surface area contributed by atoms with Crippen LogP contribution in [-0.4, -0.2) is 25.4 Å². The summed E-state index contributed by atoms with van der Waals surface area (Å²) in [6, 6.07) is 9.07. The zero-order valence-electron chi connectivity index (χ0n) is 15.1. The molecule has 0 atom stereocenters. The van der Waals surface area contributed by atoms with Crippen molar-refractivity contribution in [1.82, 2.24) is 19.5 Å². The summed E-state index contributed by atoms with van der Waals surface area (Å²) >= 11 is 0. The van der Waals surface area contributed by atoms with Crippen LogP contribution in [0.2, 0.25) is 0 Å². The van der Waals surface area contributed by atoms with Crippen molar-refractivity contribution in [3.8, 4) is 17.4 Å². The van der Waals surface area contributed by atoms with Crippen LogP contribution < -0.4 is 10.1 Å².